The summed E-state index contributed by atoms with van der Waals surface area (Å²) in [6, 6.07) is 7.26. The van der Waals surface area contributed by atoms with Crippen LogP contribution in [0.4, 0.5) is 0 Å². The van der Waals surface area contributed by atoms with Gasteiger partial charge in [0, 0.05) is 22.2 Å². The Morgan fingerprint density at radius 1 is 1.10 bits per heavy atom. The monoisotopic (exact) mass is 339 g/mol. The Balaban J connectivity index is 2.13. The number of halogens is 3. The van der Waals surface area contributed by atoms with Gasteiger partial charge in [0.25, 0.3) is 5.56 Å². The number of nitrogens with zero attached hydrogens (tertiary/aromatic N) is 3. The van der Waals surface area contributed by atoms with Gasteiger partial charge in [-0.15, -0.1) is 0 Å². The number of pyridine rings is 1. The van der Waals surface area contributed by atoms with Gasteiger partial charge in [0.15, 0.2) is 0 Å². The first-order valence-corrected chi connectivity index (χ1v) is 7.14. The van der Waals surface area contributed by atoms with E-state index in [1.54, 1.807) is 12.3 Å². The molecule has 4 nitrogen and oxygen atoms in total. The summed E-state index contributed by atoms with van der Waals surface area (Å²) in [5, 5.41) is 5.51. The van der Waals surface area contributed by atoms with Crippen LogP contribution in [0.25, 0.3) is 10.9 Å². The number of fused-ring (bicyclic) bond motifs is 1. The molecule has 0 bridgehead atoms. The summed E-state index contributed by atoms with van der Waals surface area (Å²) in [6.07, 6.45) is 3.02. The SMILES string of the molecule is O=c1c(Cl)c(Cl)cnn1Cc1ccc(Cl)c2cccnc12. The quantitative estimate of drug-likeness (QED) is 0.713. The normalized spacial score (nSPS) is 11.0. The van der Waals surface area contributed by atoms with Crippen LogP contribution in [-0.4, -0.2) is 14.8 Å². The number of rotatable bonds is 2. The van der Waals surface area contributed by atoms with Crippen molar-refractivity contribution in [2.75, 3.05) is 0 Å². The molecule has 0 fully saturated rings. The lowest BCUT2D eigenvalue weighted by molar-refractivity contribution is 0.641. The van der Waals surface area contributed by atoms with Crippen molar-refractivity contribution in [1.82, 2.24) is 14.8 Å². The Bertz CT molecular complexity index is 892. The second-order valence-electron chi connectivity index (χ2n) is 4.38. The third-order valence-electron chi connectivity index (χ3n) is 3.06. The fourth-order valence-electron chi connectivity index (χ4n) is 2.04. The Kier molecular flexibility index (Phi) is 3.85. The molecular formula is C14H8Cl3N3O. The summed E-state index contributed by atoms with van der Waals surface area (Å²) < 4.78 is 1.24. The smallest absolute Gasteiger partial charge is 0.266 e. The van der Waals surface area contributed by atoms with Gasteiger partial charge in [-0.2, -0.15) is 5.10 Å². The minimum absolute atomic E-state index is 0.0436. The van der Waals surface area contributed by atoms with E-state index in [0.717, 1.165) is 16.5 Å². The summed E-state index contributed by atoms with van der Waals surface area (Å²) in [7, 11) is 0. The molecule has 7 heteroatoms. The molecule has 0 aliphatic carbocycles. The van der Waals surface area contributed by atoms with Crippen LogP contribution in [0.5, 0.6) is 0 Å². The molecule has 0 spiro atoms. The molecule has 21 heavy (non-hydrogen) atoms. The molecule has 3 rings (SSSR count). The van der Waals surface area contributed by atoms with Crippen molar-refractivity contribution in [3.63, 3.8) is 0 Å². The molecule has 2 heterocycles. The molecule has 0 saturated carbocycles. The average molecular weight is 341 g/mol. The maximum Gasteiger partial charge on any atom is 0.287 e. The van der Waals surface area contributed by atoms with E-state index in [-0.39, 0.29) is 16.6 Å². The summed E-state index contributed by atoms with van der Waals surface area (Å²) in [4.78, 5) is 16.4. The lowest BCUT2D eigenvalue weighted by atomic mass is 10.1. The maximum absolute atomic E-state index is 12.0. The van der Waals surface area contributed by atoms with E-state index >= 15 is 0 Å². The van der Waals surface area contributed by atoms with Crippen LogP contribution in [0.1, 0.15) is 5.56 Å². The van der Waals surface area contributed by atoms with Gasteiger partial charge in [-0.25, -0.2) is 4.68 Å². The zero-order valence-corrected chi connectivity index (χ0v) is 12.8. The van der Waals surface area contributed by atoms with Crippen molar-refractivity contribution >= 4 is 45.7 Å². The van der Waals surface area contributed by atoms with Crippen molar-refractivity contribution in [3.05, 3.63) is 67.6 Å². The molecule has 0 radical (unpaired) electrons. The van der Waals surface area contributed by atoms with Gasteiger partial charge < -0.3 is 0 Å². The van der Waals surface area contributed by atoms with E-state index < -0.39 is 5.56 Å². The van der Waals surface area contributed by atoms with E-state index in [1.807, 2.05) is 18.2 Å². The van der Waals surface area contributed by atoms with Crippen molar-refractivity contribution in [2.24, 2.45) is 0 Å². The number of aromatic nitrogens is 3. The summed E-state index contributed by atoms with van der Waals surface area (Å²) in [5.74, 6) is 0. The molecule has 0 aliphatic heterocycles. The van der Waals surface area contributed by atoms with Crippen LogP contribution < -0.4 is 5.56 Å². The van der Waals surface area contributed by atoms with Crippen molar-refractivity contribution in [1.29, 1.82) is 0 Å². The molecule has 0 aliphatic rings. The molecule has 0 saturated heterocycles. The number of hydrogen-bond acceptors (Lipinski definition) is 3. The number of benzene rings is 1. The standard InChI is InChI=1S/C14H8Cl3N3O/c15-10-4-3-8(13-9(10)2-1-5-18-13)7-20-14(21)12(17)11(16)6-19-20/h1-6H,7H2. The zero-order valence-electron chi connectivity index (χ0n) is 10.6. The van der Waals surface area contributed by atoms with E-state index in [1.165, 1.54) is 10.9 Å². The minimum atomic E-state index is -0.441. The fraction of sp³-hybridized carbons (Fsp3) is 0.0714. The fourth-order valence-corrected chi connectivity index (χ4v) is 2.53. The van der Waals surface area contributed by atoms with E-state index in [4.69, 9.17) is 34.8 Å². The van der Waals surface area contributed by atoms with Gasteiger partial charge in [0.1, 0.15) is 5.02 Å². The first-order chi connectivity index (χ1) is 10.1. The van der Waals surface area contributed by atoms with Gasteiger partial charge in [-0.3, -0.25) is 9.78 Å². The van der Waals surface area contributed by atoms with Crippen LogP contribution in [0, 0.1) is 0 Å². The van der Waals surface area contributed by atoms with Gasteiger partial charge in [-0.1, -0.05) is 40.9 Å². The first-order valence-electron chi connectivity index (χ1n) is 6.01. The second kappa shape index (κ2) is 5.64. The summed E-state index contributed by atoms with van der Waals surface area (Å²) in [5.41, 5.74) is 1.11. The maximum atomic E-state index is 12.0. The van der Waals surface area contributed by atoms with Crippen LogP contribution >= 0.6 is 34.8 Å². The Hall–Kier alpha value is -1.62. The van der Waals surface area contributed by atoms with E-state index in [2.05, 4.69) is 10.1 Å². The molecule has 1 aromatic carbocycles. The second-order valence-corrected chi connectivity index (χ2v) is 5.57. The van der Waals surface area contributed by atoms with Crippen molar-refractivity contribution in [3.8, 4) is 0 Å². The Labute approximate surface area is 134 Å². The average Bonchev–Trinajstić information content (AvgIpc) is 2.50. The third-order valence-corrected chi connectivity index (χ3v) is 4.14. The van der Waals surface area contributed by atoms with E-state index in [9.17, 15) is 4.79 Å². The highest BCUT2D eigenvalue weighted by atomic mass is 35.5. The predicted molar refractivity (Wildman–Crippen MR) is 84.4 cm³/mol. The lowest BCUT2D eigenvalue weighted by Crippen LogP contribution is -2.23. The van der Waals surface area contributed by atoms with Crippen LogP contribution in [-0.2, 0) is 6.54 Å². The largest absolute Gasteiger partial charge is 0.287 e. The molecule has 0 unspecified atom stereocenters. The van der Waals surface area contributed by atoms with Crippen LogP contribution in [0.2, 0.25) is 15.1 Å². The van der Waals surface area contributed by atoms with Crippen LogP contribution in [0.15, 0.2) is 41.5 Å². The molecule has 0 N–H and O–H groups in total. The third kappa shape index (κ3) is 2.62. The topological polar surface area (TPSA) is 47.8 Å². The van der Waals surface area contributed by atoms with E-state index in [0.29, 0.717) is 5.02 Å². The molecule has 106 valence electrons. The van der Waals surface area contributed by atoms with Gasteiger partial charge in [0.05, 0.1) is 23.3 Å². The first kappa shape index (κ1) is 14.3. The van der Waals surface area contributed by atoms with Gasteiger partial charge in [0.2, 0.25) is 0 Å². The molecule has 3 aromatic rings. The number of hydrogen-bond donors (Lipinski definition) is 0. The Morgan fingerprint density at radius 3 is 2.71 bits per heavy atom. The summed E-state index contributed by atoms with van der Waals surface area (Å²) >= 11 is 17.8. The molecule has 0 amide bonds. The highest BCUT2D eigenvalue weighted by Crippen LogP contribution is 2.25. The molecule has 0 atom stereocenters. The predicted octanol–water partition coefficient (Wildman–Crippen LogP) is 3.80. The highest BCUT2D eigenvalue weighted by molar-refractivity contribution is 6.41. The van der Waals surface area contributed by atoms with Gasteiger partial charge in [-0.05, 0) is 18.2 Å². The summed E-state index contributed by atoms with van der Waals surface area (Å²) in [6.45, 7) is 0.237. The van der Waals surface area contributed by atoms with Crippen LogP contribution in [0.3, 0.4) is 0 Å². The van der Waals surface area contributed by atoms with Gasteiger partial charge >= 0.3 is 0 Å². The molecule has 2 aromatic heterocycles. The lowest BCUT2D eigenvalue weighted by Gasteiger charge is -2.09. The van der Waals surface area contributed by atoms with Crippen molar-refractivity contribution in [2.45, 2.75) is 6.54 Å². The molecular weight excluding hydrogens is 333 g/mol. The zero-order chi connectivity index (χ0) is 15.0. The highest BCUT2D eigenvalue weighted by Gasteiger charge is 2.11. The van der Waals surface area contributed by atoms with Crippen molar-refractivity contribution < 1.29 is 0 Å². The minimum Gasteiger partial charge on any atom is -0.266 e. The Morgan fingerprint density at radius 2 is 1.90 bits per heavy atom.